The van der Waals surface area contributed by atoms with Gasteiger partial charge in [0.2, 0.25) is 0 Å². The van der Waals surface area contributed by atoms with Crippen molar-refractivity contribution in [3.05, 3.63) is 94.5 Å². The van der Waals surface area contributed by atoms with Crippen LogP contribution in [0.4, 0.5) is 0 Å². The van der Waals surface area contributed by atoms with Gasteiger partial charge in [0.05, 0.1) is 0 Å². The lowest BCUT2D eigenvalue weighted by atomic mass is 9.69. The van der Waals surface area contributed by atoms with Crippen molar-refractivity contribution >= 4 is 0 Å². The van der Waals surface area contributed by atoms with Gasteiger partial charge >= 0.3 is 0 Å². The number of hydrogen-bond acceptors (Lipinski definition) is 2. The Bertz CT molecular complexity index is 1000. The van der Waals surface area contributed by atoms with Gasteiger partial charge in [-0.15, -0.1) is 0 Å². The Kier molecular flexibility index (Phi) is 4.81. The monoisotopic (exact) mass is 398 g/mol. The number of benzene rings is 3. The largest absolute Gasteiger partial charge is 0.508 e. The fourth-order valence-electron chi connectivity index (χ4n) is 6.22. The number of phenolic OH excluding ortho intramolecular Hbond substituents is 2. The predicted molar refractivity (Wildman–Crippen MR) is 121 cm³/mol. The van der Waals surface area contributed by atoms with E-state index in [1.807, 2.05) is 32.0 Å². The van der Waals surface area contributed by atoms with Crippen LogP contribution in [0.15, 0.2) is 66.7 Å². The molecule has 0 spiro atoms. The van der Waals surface area contributed by atoms with Crippen LogP contribution in [0.5, 0.6) is 11.5 Å². The van der Waals surface area contributed by atoms with E-state index in [0.717, 1.165) is 17.0 Å². The third-order valence-electron chi connectivity index (χ3n) is 7.74. The quantitative estimate of drug-likeness (QED) is 0.515. The van der Waals surface area contributed by atoms with E-state index in [2.05, 4.69) is 48.5 Å². The SMILES string of the molecule is Cc1cc(C(c2ccc(C)c(O)c2)C2CC3CC2CC3c2ccccc2)ccc1O. The molecule has 2 fully saturated rings. The highest BCUT2D eigenvalue weighted by Crippen LogP contribution is 2.60. The normalized spacial score (nSPS) is 26.1. The number of hydrogen-bond donors (Lipinski definition) is 2. The first-order valence-corrected chi connectivity index (χ1v) is 11.1. The molecule has 5 atom stereocenters. The molecule has 0 saturated heterocycles. The molecule has 3 aromatic rings. The topological polar surface area (TPSA) is 40.5 Å². The second kappa shape index (κ2) is 7.50. The van der Waals surface area contributed by atoms with Crippen LogP contribution in [-0.4, -0.2) is 10.2 Å². The first-order valence-electron chi connectivity index (χ1n) is 11.1. The number of fused-ring (bicyclic) bond motifs is 2. The van der Waals surface area contributed by atoms with Gasteiger partial charge in [-0.25, -0.2) is 0 Å². The minimum absolute atomic E-state index is 0.252. The highest BCUT2D eigenvalue weighted by molar-refractivity contribution is 5.45. The second-order valence-corrected chi connectivity index (χ2v) is 9.48. The molecule has 5 rings (SSSR count). The lowest BCUT2D eigenvalue weighted by Gasteiger charge is -2.35. The van der Waals surface area contributed by atoms with Crippen LogP contribution >= 0.6 is 0 Å². The van der Waals surface area contributed by atoms with Crippen LogP contribution in [0.1, 0.15) is 58.9 Å². The number of aryl methyl sites for hydroxylation is 2. The predicted octanol–water partition coefficient (Wildman–Crippen LogP) is 6.68. The van der Waals surface area contributed by atoms with E-state index in [-0.39, 0.29) is 5.92 Å². The van der Waals surface area contributed by atoms with E-state index in [1.165, 1.54) is 36.0 Å². The average Bonchev–Trinajstić information content (AvgIpc) is 3.35. The molecule has 2 aliphatic rings. The molecule has 2 saturated carbocycles. The summed E-state index contributed by atoms with van der Waals surface area (Å²) in [6.07, 6.45) is 3.78. The zero-order chi connectivity index (χ0) is 20.8. The molecule has 30 heavy (non-hydrogen) atoms. The van der Waals surface area contributed by atoms with E-state index in [4.69, 9.17) is 0 Å². The van der Waals surface area contributed by atoms with Crippen molar-refractivity contribution in [1.29, 1.82) is 0 Å². The van der Waals surface area contributed by atoms with Crippen molar-refractivity contribution in [2.45, 2.75) is 44.9 Å². The van der Waals surface area contributed by atoms with Crippen LogP contribution < -0.4 is 0 Å². The second-order valence-electron chi connectivity index (χ2n) is 9.48. The Morgan fingerprint density at radius 1 is 0.700 bits per heavy atom. The van der Waals surface area contributed by atoms with Gasteiger partial charge in [0.1, 0.15) is 11.5 Å². The smallest absolute Gasteiger partial charge is 0.118 e. The maximum Gasteiger partial charge on any atom is 0.118 e. The van der Waals surface area contributed by atoms with E-state index in [0.29, 0.717) is 29.3 Å². The molecule has 0 aromatic heterocycles. The molecule has 0 heterocycles. The third kappa shape index (κ3) is 3.29. The van der Waals surface area contributed by atoms with E-state index >= 15 is 0 Å². The van der Waals surface area contributed by atoms with Gasteiger partial charge in [0.15, 0.2) is 0 Å². The molecule has 0 aliphatic heterocycles. The van der Waals surface area contributed by atoms with Crippen molar-refractivity contribution in [3.8, 4) is 11.5 Å². The fraction of sp³-hybridized carbons (Fsp3) is 0.357. The first-order chi connectivity index (χ1) is 14.5. The van der Waals surface area contributed by atoms with Gasteiger partial charge in [-0.05, 0) is 96.7 Å². The molecule has 2 nitrogen and oxygen atoms in total. The molecular weight excluding hydrogens is 368 g/mol. The highest BCUT2D eigenvalue weighted by Gasteiger charge is 2.49. The van der Waals surface area contributed by atoms with Crippen LogP contribution in [0.3, 0.4) is 0 Å². The Balaban J connectivity index is 1.50. The van der Waals surface area contributed by atoms with Gasteiger partial charge in [0, 0.05) is 5.92 Å². The standard InChI is InChI=1S/C28H30O2/c1-17-8-9-21(16-27(17)30)28(20-10-11-26(29)18(2)12-20)25-15-22-13-23(25)14-24(22)19-6-4-3-5-7-19/h3-12,16,22-25,28-30H,13-15H2,1-2H3. The molecule has 2 heteroatoms. The molecule has 2 aliphatic carbocycles. The molecule has 0 radical (unpaired) electrons. The summed E-state index contributed by atoms with van der Waals surface area (Å²) in [5, 5.41) is 20.5. The third-order valence-corrected chi connectivity index (χ3v) is 7.74. The summed E-state index contributed by atoms with van der Waals surface area (Å²) < 4.78 is 0. The molecule has 2 N–H and O–H groups in total. The maximum absolute atomic E-state index is 10.4. The van der Waals surface area contributed by atoms with Crippen LogP contribution in [0.25, 0.3) is 0 Å². The molecular formula is C28H30O2. The maximum atomic E-state index is 10.4. The zero-order valence-corrected chi connectivity index (χ0v) is 17.8. The number of aromatic hydroxyl groups is 2. The fourth-order valence-corrected chi connectivity index (χ4v) is 6.22. The Morgan fingerprint density at radius 2 is 1.43 bits per heavy atom. The van der Waals surface area contributed by atoms with E-state index < -0.39 is 0 Å². The molecule has 0 amide bonds. The Labute approximate surface area is 179 Å². The van der Waals surface area contributed by atoms with Crippen molar-refractivity contribution in [2.24, 2.45) is 17.8 Å². The summed E-state index contributed by atoms with van der Waals surface area (Å²) in [5.74, 6) is 3.66. The summed E-state index contributed by atoms with van der Waals surface area (Å²) >= 11 is 0. The number of phenols is 2. The lowest BCUT2D eigenvalue weighted by molar-refractivity contribution is 0.279. The van der Waals surface area contributed by atoms with Crippen LogP contribution in [0.2, 0.25) is 0 Å². The van der Waals surface area contributed by atoms with Crippen molar-refractivity contribution < 1.29 is 10.2 Å². The van der Waals surface area contributed by atoms with Crippen molar-refractivity contribution in [3.63, 3.8) is 0 Å². The lowest BCUT2D eigenvalue weighted by Crippen LogP contribution is -2.23. The van der Waals surface area contributed by atoms with Crippen molar-refractivity contribution in [1.82, 2.24) is 0 Å². The first kappa shape index (κ1) is 19.2. The van der Waals surface area contributed by atoms with Gasteiger partial charge in [-0.2, -0.15) is 0 Å². The number of rotatable bonds is 4. The van der Waals surface area contributed by atoms with Crippen LogP contribution in [-0.2, 0) is 0 Å². The molecule has 3 aromatic carbocycles. The summed E-state index contributed by atoms with van der Waals surface area (Å²) in [6, 6.07) is 23.2. The Morgan fingerprint density at radius 3 is 2.10 bits per heavy atom. The average molecular weight is 399 g/mol. The molecule has 2 bridgehead atoms. The minimum atomic E-state index is 0.252. The molecule has 5 unspecified atom stereocenters. The van der Waals surface area contributed by atoms with Crippen LogP contribution in [0, 0.1) is 31.6 Å². The van der Waals surface area contributed by atoms with Gasteiger partial charge in [-0.1, -0.05) is 54.6 Å². The van der Waals surface area contributed by atoms with Crippen molar-refractivity contribution in [2.75, 3.05) is 0 Å². The summed E-state index contributed by atoms with van der Waals surface area (Å²) in [4.78, 5) is 0. The molecule has 154 valence electrons. The van der Waals surface area contributed by atoms with E-state index in [9.17, 15) is 10.2 Å². The van der Waals surface area contributed by atoms with Gasteiger partial charge < -0.3 is 10.2 Å². The zero-order valence-electron chi connectivity index (χ0n) is 17.8. The van der Waals surface area contributed by atoms with E-state index in [1.54, 1.807) is 0 Å². The highest BCUT2D eigenvalue weighted by atomic mass is 16.3. The minimum Gasteiger partial charge on any atom is -0.508 e. The Hall–Kier alpha value is -2.74. The van der Waals surface area contributed by atoms with Gasteiger partial charge in [-0.3, -0.25) is 0 Å². The summed E-state index contributed by atoms with van der Waals surface area (Å²) in [5.41, 5.74) is 5.77. The summed E-state index contributed by atoms with van der Waals surface area (Å²) in [7, 11) is 0. The van der Waals surface area contributed by atoms with Gasteiger partial charge in [0.25, 0.3) is 0 Å². The summed E-state index contributed by atoms with van der Waals surface area (Å²) in [6.45, 7) is 3.91.